The SMILES string of the molecule is COc1cc(/C=C/C(=O)OC[C@@H]2O[C@H](Oc3cc4c(cc3O)C[C@@H](C(=O)O)N4C/C=C3\C=C(C(=O)O)N[C@H](C(=O)O)C3)[C@H](O)[C@@H](O)[C@@H]2O)ccc1O. The van der Waals surface area contributed by atoms with Crippen molar-refractivity contribution in [1.29, 1.82) is 0 Å². The van der Waals surface area contributed by atoms with Crippen LogP contribution in [0.3, 0.4) is 0 Å². The number of esters is 1. The second-order valence-electron chi connectivity index (χ2n) is 12.1. The lowest BCUT2D eigenvalue weighted by Crippen LogP contribution is -2.60. The van der Waals surface area contributed by atoms with Crippen molar-refractivity contribution in [1.82, 2.24) is 5.32 Å². The Morgan fingerprint density at radius 2 is 1.69 bits per heavy atom. The van der Waals surface area contributed by atoms with Gasteiger partial charge in [-0.1, -0.05) is 12.1 Å². The number of methoxy groups -OCH3 is 1. The molecule has 2 aromatic carbocycles. The lowest BCUT2D eigenvalue weighted by Gasteiger charge is -2.40. The van der Waals surface area contributed by atoms with Crippen LogP contribution in [0, 0.1) is 0 Å². The first-order valence-corrected chi connectivity index (χ1v) is 15.7. The van der Waals surface area contributed by atoms with Crippen LogP contribution in [0.15, 0.2) is 59.8 Å². The molecular formula is C34H36N2O16. The number of fused-ring (bicyclic) bond motifs is 1. The van der Waals surface area contributed by atoms with Crippen molar-refractivity contribution in [3.8, 4) is 23.0 Å². The van der Waals surface area contributed by atoms with Gasteiger partial charge in [-0.15, -0.1) is 0 Å². The third-order valence-electron chi connectivity index (χ3n) is 8.64. The average Bonchev–Trinajstić information content (AvgIpc) is 3.47. The Hall–Kier alpha value is -5.82. The van der Waals surface area contributed by atoms with E-state index in [0.717, 1.165) is 6.08 Å². The molecule has 0 aliphatic carbocycles. The minimum atomic E-state index is -1.86. The highest BCUT2D eigenvalue weighted by Crippen LogP contribution is 2.42. The molecule has 0 amide bonds. The van der Waals surface area contributed by atoms with Crippen LogP contribution < -0.4 is 19.7 Å². The zero-order valence-corrected chi connectivity index (χ0v) is 27.4. The smallest absolute Gasteiger partial charge is 0.351 e. The second kappa shape index (κ2) is 15.6. The number of aliphatic hydroxyl groups is 3. The minimum Gasteiger partial charge on any atom is -0.504 e. The van der Waals surface area contributed by atoms with Crippen LogP contribution in [0.4, 0.5) is 5.69 Å². The van der Waals surface area contributed by atoms with Crippen molar-refractivity contribution in [3.63, 3.8) is 0 Å². The molecule has 278 valence electrons. The molecule has 18 nitrogen and oxygen atoms in total. The average molecular weight is 729 g/mol. The van der Waals surface area contributed by atoms with E-state index in [0.29, 0.717) is 16.7 Å². The minimum absolute atomic E-state index is 0.0488. The molecule has 0 bridgehead atoms. The van der Waals surface area contributed by atoms with Gasteiger partial charge in [-0.05, 0) is 47.1 Å². The zero-order chi connectivity index (χ0) is 37.9. The topological polar surface area (TPSA) is 282 Å². The number of aliphatic carboxylic acids is 3. The van der Waals surface area contributed by atoms with Crippen LogP contribution in [-0.2, 0) is 35.1 Å². The molecule has 0 radical (unpaired) electrons. The maximum Gasteiger partial charge on any atom is 0.351 e. The van der Waals surface area contributed by atoms with Gasteiger partial charge in [0.05, 0.1) is 7.11 Å². The third kappa shape index (κ3) is 8.21. The maximum absolute atomic E-state index is 12.4. The van der Waals surface area contributed by atoms with Gasteiger partial charge in [-0.3, -0.25) is 0 Å². The number of rotatable bonds is 12. The van der Waals surface area contributed by atoms with Gasteiger partial charge in [0.1, 0.15) is 48.8 Å². The monoisotopic (exact) mass is 728 g/mol. The lowest BCUT2D eigenvalue weighted by molar-refractivity contribution is -0.278. The first-order chi connectivity index (χ1) is 24.7. The summed E-state index contributed by atoms with van der Waals surface area (Å²) in [6.45, 7) is -0.711. The largest absolute Gasteiger partial charge is 0.504 e. The summed E-state index contributed by atoms with van der Waals surface area (Å²) in [5.41, 5.74) is 1.15. The summed E-state index contributed by atoms with van der Waals surface area (Å²) in [4.78, 5) is 49.2. The van der Waals surface area contributed by atoms with Gasteiger partial charge in [0, 0.05) is 37.2 Å². The van der Waals surface area contributed by atoms with E-state index < -0.39 is 79.0 Å². The number of carbonyl (C=O) groups excluding carboxylic acids is 1. The molecule has 0 spiro atoms. The molecule has 0 aromatic heterocycles. The number of ether oxygens (including phenoxy) is 4. The number of phenols is 2. The number of carboxylic acids is 3. The fourth-order valence-electron chi connectivity index (χ4n) is 5.90. The Bertz CT molecular complexity index is 1820. The van der Waals surface area contributed by atoms with E-state index in [1.165, 1.54) is 60.6 Å². The predicted octanol–water partition coefficient (Wildman–Crippen LogP) is -0.293. The number of phenolic OH excluding ortho intramolecular Hbond substituents is 2. The van der Waals surface area contributed by atoms with Crippen LogP contribution in [0.5, 0.6) is 23.0 Å². The van der Waals surface area contributed by atoms with Gasteiger partial charge < -0.3 is 70.0 Å². The van der Waals surface area contributed by atoms with Gasteiger partial charge in [-0.25, -0.2) is 19.2 Å². The molecule has 5 rings (SSSR count). The molecule has 3 aliphatic rings. The van der Waals surface area contributed by atoms with Gasteiger partial charge in [0.2, 0.25) is 6.29 Å². The zero-order valence-electron chi connectivity index (χ0n) is 27.4. The van der Waals surface area contributed by atoms with Gasteiger partial charge >= 0.3 is 23.9 Å². The van der Waals surface area contributed by atoms with Crippen LogP contribution >= 0.6 is 0 Å². The van der Waals surface area contributed by atoms with E-state index in [2.05, 4.69) is 5.32 Å². The number of nitrogens with one attached hydrogen (secondary N) is 1. The Morgan fingerprint density at radius 1 is 0.942 bits per heavy atom. The van der Waals surface area contributed by atoms with Crippen molar-refractivity contribution in [2.45, 2.75) is 55.6 Å². The molecule has 1 fully saturated rings. The number of hydrogen-bond donors (Lipinski definition) is 9. The molecule has 3 aliphatic heterocycles. The number of carboxylic acid groups (broad SMARTS) is 3. The highest BCUT2D eigenvalue weighted by atomic mass is 16.7. The first kappa shape index (κ1) is 37.4. The van der Waals surface area contributed by atoms with E-state index in [-0.39, 0.29) is 48.0 Å². The van der Waals surface area contributed by atoms with Gasteiger partial charge in [-0.2, -0.15) is 0 Å². The number of hydrogen-bond acceptors (Lipinski definition) is 15. The third-order valence-corrected chi connectivity index (χ3v) is 8.64. The second-order valence-corrected chi connectivity index (χ2v) is 12.1. The molecule has 52 heavy (non-hydrogen) atoms. The van der Waals surface area contributed by atoms with Gasteiger partial charge in [0.25, 0.3) is 0 Å². The summed E-state index contributed by atoms with van der Waals surface area (Å²) >= 11 is 0. The summed E-state index contributed by atoms with van der Waals surface area (Å²) in [5.74, 6) is -5.44. The molecule has 0 unspecified atom stereocenters. The Labute approximate surface area is 294 Å². The number of aromatic hydroxyl groups is 2. The van der Waals surface area contributed by atoms with Crippen molar-refractivity contribution >= 4 is 35.6 Å². The predicted molar refractivity (Wildman–Crippen MR) is 176 cm³/mol. The Morgan fingerprint density at radius 3 is 2.37 bits per heavy atom. The quantitative estimate of drug-likeness (QED) is 0.100. The molecule has 3 heterocycles. The highest BCUT2D eigenvalue weighted by molar-refractivity contribution is 5.89. The van der Waals surface area contributed by atoms with Crippen LogP contribution in [0.1, 0.15) is 17.5 Å². The van der Waals surface area contributed by atoms with Gasteiger partial charge in [0.15, 0.2) is 23.0 Å². The van der Waals surface area contributed by atoms with E-state index in [4.69, 9.17) is 18.9 Å². The number of benzene rings is 2. The van der Waals surface area contributed by atoms with Crippen LogP contribution in [0.2, 0.25) is 0 Å². The number of aliphatic hydroxyl groups excluding tert-OH is 3. The molecular weight excluding hydrogens is 692 g/mol. The molecule has 1 saturated heterocycles. The van der Waals surface area contributed by atoms with E-state index in [9.17, 15) is 60.0 Å². The molecule has 7 atom stereocenters. The van der Waals surface area contributed by atoms with Crippen LogP contribution in [-0.4, -0.2) is 128 Å². The number of nitrogens with zero attached hydrogens (tertiary/aromatic N) is 1. The summed E-state index contributed by atoms with van der Waals surface area (Å²) in [6, 6.07) is 4.51. The van der Waals surface area contributed by atoms with Crippen LogP contribution in [0.25, 0.3) is 6.08 Å². The summed E-state index contributed by atoms with van der Waals surface area (Å²) in [7, 11) is 1.36. The van der Waals surface area contributed by atoms with Crippen molar-refractivity contribution in [3.05, 3.63) is 71.0 Å². The summed E-state index contributed by atoms with van der Waals surface area (Å²) in [6.07, 6.45) is -3.52. The Balaban J connectivity index is 1.31. The van der Waals surface area contributed by atoms with E-state index in [1.807, 2.05) is 0 Å². The van der Waals surface area contributed by atoms with Crippen molar-refractivity contribution in [2.24, 2.45) is 0 Å². The number of carbonyl (C=O) groups is 4. The normalized spacial score (nSPS) is 26.3. The highest BCUT2D eigenvalue weighted by Gasteiger charge is 2.46. The molecule has 9 N–H and O–H groups in total. The lowest BCUT2D eigenvalue weighted by atomic mass is 9.99. The fourth-order valence-corrected chi connectivity index (χ4v) is 5.90. The summed E-state index contributed by atoms with van der Waals surface area (Å²) < 4.78 is 21.5. The van der Waals surface area contributed by atoms with Crippen molar-refractivity contribution < 1.29 is 79.0 Å². The van der Waals surface area contributed by atoms with E-state index in [1.54, 1.807) is 0 Å². The molecule has 18 heteroatoms. The fraction of sp³-hybridized carbons (Fsp3) is 0.353. The molecule has 0 saturated carbocycles. The number of anilines is 1. The molecule has 2 aromatic rings. The van der Waals surface area contributed by atoms with E-state index >= 15 is 0 Å². The first-order valence-electron chi connectivity index (χ1n) is 15.7. The number of allylic oxidation sites excluding steroid dienone is 1. The standard InChI is InChI=1S/C34H36N2O16/c1-49-24-10-15(2-4-22(24)37)3-5-27(39)50-14-26-28(40)29(41)30(42)34(52-26)51-25-13-20-17(12-23(25)38)11-21(33(47)48)36(20)7-6-16-8-18(31(43)44)35-19(9-16)32(45)46/h2-6,8,10,12-13,19,21,26,28-30,34-35,37-38,40-42H,7,9,11,14H2,1H3,(H,43,44)(H,45,46)(H,47,48)/b5-3+,16-6+/t19-,21-,26-,28+,29-,30+,34-/m0/s1. The summed E-state index contributed by atoms with van der Waals surface area (Å²) in [5, 5.41) is 83.5. The maximum atomic E-state index is 12.4. The Kier molecular flexibility index (Phi) is 11.2. The van der Waals surface area contributed by atoms with Crippen molar-refractivity contribution in [2.75, 3.05) is 25.2 Å².